The molecule has 0 spiro atoms. The third kappa shape index (κ3) is 8.36. The highest BCUT2D eigenvalue weighted by Gasteiger charge is 2.31. The van der Waals surface area contributed by atoms with Crippen LogP contribution < -0.4 is 19.9 Å². The molecule has 61 heavy (non-hydrogen) atoms. The van der Waals surface area contributed by atoms with Crippen LogP contribution in [0.25, 0.3) is 33.1 Å². The second kappa shape index (κ2) is 16.9. The molecular formula is C42H45Cl2N11O5S. The van der Waals surface area contributed by atoms with E-state index in [1.165, 1.54) is 10.5 Å². The normalized spacial score (nSPS) is 18.0. The number of carbonyl (C=O) groups excluding carboxylic acids is 2. The molecule has 7 heterocycles. The van der Waals surface area contributed by atoms with Gasteiger partial charge < -0.3 is 14.5 Å². The lowest BCUT2D eigenvalue weighted by molar-refractivity contribution is -0.120. The first-order chi connectivity index (χ1) is 29.4. The molecule has 0 radical (unpaired) electrons. The Morgan fingerprint density at radius 3 is 2.39 bits per heavy atom. The molecule has 19 heteroatoms. The fourth-order valence-electron chi connectivity index (χ4n) is 8.61. The molecule has 318 valence electrons. The molecule has 0 unspecified atom stereocenters. The van der Waals surface area contributed by atoms with Crippen molar-refractivity contribution in [2.45, 2.75) is 38.2 Å². The van der Waals surface area contributed by atoms with Gasteiger partial charge in [0.2, 0.25) is 15.9 Å². The topological polar surface area (TPSA) is 175 Å². The molecule has 0 aliphatic carbocycles. The van der Waals surface area contributed by atoms with Crippen molar-refractivity contribution in [1.82, 2.24) is 44.5 Å². The molecule has 3 aliphatic rings. The summed E-state index contributed by atoms with van der Waals surface area (Å²) in [4.78, 5) is 38.8. The number of sulfonamides is 1. The number of urea groups is 1. The van der Waals surface area contributed by atoms with E-state index in [0.29, 0.717) is 72.4 Å². The fourth-order valence-corrected chi connectivity index (χ4v) is 10.7. The summed E-state index contributed by atoms with van der Waals surface area (Å²) < 4.78 is 36.6. The van der Waals surface area contributed by atoms with Crippen LogP contribution >= 0.6 is 23.2 Å². The van der Waals surface area contributed by atoms with Crippen molar-refractivity contribution in [2.24, 2.45) is 7.05 Å². The van der Waals surface area contributed by atoms with Crippen LogP contribution in [0.15, 0.2) is 67.1 Å². The van der Waals surface area contributed by atoms with E-state index in [-0.39, 0.29) is 18.1 Å². The first-order valence-corrected chi connectivity index (χ1v) is 22.7. The van der Waals surface area contributed by atoms with E-state index < -0.39 is 22.2 Å². The molecule has 2 N–H and O–H groups in total. The minimum atomic E-state index is -3.44. The van der Waals surface area contributed by atoms with Gasteiger partial charge in [-0.05, 0) is 86.8 Å². The van der Waals surface area contributed by atoms with Crippen molar-refractivity contribution in [2.75, 3.05) is 67.9 Å². The Morgan fingerprint density at radius 1 is 0.902 bits per heavy atom. The number of hydrogen-bond acceptors (Lipinski definition) is 11. The van der Waals surface area contributed by atoms with Crippen molar-refractivity contribution in [1.29, 1.82) is 0 Å². The number of halogens is 2. The van der Waals surface area contributed by atoms with Gasteiger partial charge >= 0.3 is 6.03 Å². The number of anilines is 2. The molecule has 1 atom stereocenters. The lowest BCUT2D eigenvalue weighted by atomic mass is 9.89. The van der Waals surface area contributed by atoms with Gasteiger partial charge in [-0.15, -0.1) is 0 Å². The third-order valence-electron chi connectivity index (χ3n) is 12.0. The Morgan fingerprint density at radius 2 is 1.67 bits per heavy atom. The lowest BCUT2D eigenvalue weighted by Gasteiger charge is -2.36. The van der Waals surface area contributed by atoms with E-state index in [1.807, 2.05) is 50.4 Å². The Labute approximate surface area is 362 Å². The quantitative estimate of drug-likeness (QED) is 0.153. The number of fused-ring (bicyclic) bond motifs is 2. The number of amides is 3. The van der Waals surface area contributed by atoms with Crippen molar-refractivity contribution in [3.63, 3.8) is 0 Å². The number of piperidine rings is 1. The second-order valence-electron chi connectivity index (χ2n) is 15.8. The number of likely N-dealkylation sites (tertiary alicyclic amines) is 1. The van der Waals surface area contributed by atoms with Crippen LogP contribution in [-0.2, 0) is 21.9 Å². The number of nitrogens with zero attached hydrogens (tertiary/aromatic N) is 9. The standard InChI is InChI=1S/C42H45Cl2N11O5S/c1-26(39-33(43)24-45-25-34(39)44)60-30-5-7-35-32(22-30)40(49-48-35)29-4-8-37(46-23-29)53-15-17-54(18-16-53)61(58,59)20-19-52-12-9-27(10-13-52)28-3-6-31-36(21-28)51(2)50-41(31)55-14-11-38(56)47-42(55)57/h3-8,21-27H,9-20H2,1-2H3,(H,48,49)(H,47,56,57)/t26-/m1/s1. The summed E-state index contributed by atoms with van der Waals surface area (Å²) in [7, 11) is -1.58. The molecule has 3 fully saturated rings. The first kappa shape index (κ1) is 41.0. The second-order valence-corrected chi connectivity index (χ2v) is 18.7. The van der Waals surface area contributed by atoms with Gasteiger partial charge in [-0.25, -0.2) is 18.2 Å². The van der Waals surface area contributed by atoms with E-state index >= 15 is 0 Å². The molecular weight excluding hydrogens is 842 g/mol. The number of aromatic nitrogens is 6. The number of carbonyl (C=O) groups is 2. The van der Waals surface area contributed by atoms with Gasteiger partial charge in [0.25, 0.3) is 0 Å². The van der Waals surface area contributed by atoms with Crippen LogP contribution in [0.4, 0.5) is 16.4 Å². The highest BCUT2D eigenvalue weighted by atomic mass is 35.5. The number of aromatic amines is 1. The molecule has 2 aromatic carbocycles. The maximum Gasteiger partial charge on any atom is 0.329 e. The molecule has 0 bridgehead atoms. The van der Waals surface area contributed by atoms with Gasteiger partial charge in [0.15, 0.2) is 5.82 Å². The molecule has 9 rings (SSSR count). The van der Waals surface area contributed by atoms with Gasteiger partial charge in [0.1, 0.15) is 23.4 Å². The number of ether oxygens (including phenoxy) is 1. The Bertz CT molecular complexity index is 2710. The predicted octanol–water partition coefficient (Wildman–Crippen LogP) is 6.13. The monoisotopic (exact) mass is 885 g/mol. The van der Waals surface area contributed by atoms with Gasteiger partial charge in [0, 0.05) is 93.2 Å². The number of H-pyrrole nitrogens is 1. The molecule has 3 saturated heterocycles. The minimum absolute atomic E-state index is 0.0819. The number of nitrogens with one attached hydrogen (secondary N) is 2. The van der Waals surface area contributed by atoms with E-state index in [9.17, 15) is 18.0 Å². The van der Waals surface area contributed by atoms with E-state index in [2.05, 4.69) is 47.5 Å². The Hall–Kier alpha value is -5.33. The van der Waals surface area contributed by atoms with Gasteiger partial charge in [0.05, 0.1) is 26.8 Å². The van der Waals surface area contributed by atoms with Crippen LogP contribution in [0.2, 0.25) is 10.0 Å². The zero-order valence-electron chi connectivity index (χ0n) is 33.7. The molecule has 3 amide bonds. The van der Waals surface area contributed by atoms with E-state index in [4.69, 9.17) is 32.9 Å². The van der Waals surface area contributed by atoms with Crippen LogP contribution in [0, 0.1) is 0 Å². The Kier molecular flexibility index (Phi) is 11.3. The summed E-state index contributed by atoms with van der Waals surface area (Å²) in [5.41, 5.74) is 5.21. The van der Waals surface area contributed by atoms with E-state index in [0.717, 1.165) is 64.8 Å². The highest BCUT2D eigenvalue weighted by molar-refractivity contribution is 7.89. The van der Waals surface area contributed by atoms with Crippen LogP contribution in [0.1, 0.15) is 49.3 Å². The molecule has 0 saturated carbocycles. The van der Waals surface area contributed by atoms with Crippen molar-refractivity contribution < 1.29 is 22.7 Å². The SMILES string of the molecule is C[C@@H](Oc1ccc2[nH]nc(-c3ccc(N4CCN(S(=O)(=O)CCN5CCC(c6ccc7c(N8CCC(=O)NC8=O)nn(C)c7c6)CC5)CC4)nc3)c2c1)c1c(Cl)cncc1Cl. The summed E-state index contributed by atoms with van der Waals surface area (Å²) in [5, 5.41) is 17.3. The number of piperazine rings is 1. The number of aryl methyl sites for hydroxylation is 1. The van der Waals surface area contributed by atoms with Crippen molar-refractivity contribution >= 4 is 78.6 Å². The average Bonchev–Trinajstić information content (AvgIpc) is 3.83. The van der Waals surface area contributed by atoms with Crippen LogP contribution in [-0.4, -0.2) is 118 Å². The maximum absolute atomic E-state index is 13.5. The summed E-state index contributed by atoms with van der Waals surface area (Å²) in [6.07, 6.45) is 6.54. The Balaban J connectivity index is 0.761. The number of rotatable bonds is 11. The van der Waals surface area contributed by atoms with Crippen LogP contribution in [0.3, 0.4) is 0 Å². The number of benzene rings is 2. The summed E-state index contributed by atoms with van der Waals surface area (Å²) in [6.45, 7) is 6.17. The van der Waals surface area contributed by atoms with Crippen LogP contribution in [0.5, 0.6) is 5.75 Å². The number of pyridine rings is 2. The number of hydrogen-bond donors (Lipinski definition) is 2. The van der Waals surface area contributed by atoms with Crippen molar-refractivity contribution in [3.05, 3.63) is 88.3 Å². The molecule has 6 aromatic rings. The summed E-state index contributed by atoms with van der Waals surface area (Å²) in [5.74, 6) is 2.10. The molecule has 4 aromatic heterocycles. The lowest BCUT2D eigenvalue weighted by Crippen LogP contribution is -2.50. The third-order valence-corrected chi connectivity index (χ3v) is 14.5. The largest absolute Gasteiger partial charge is 0.486 e. The van der Waals surface area contributed by atoms with Crippen molar-refractivity contribution in [3.8, 4) is 17.0 Å². The molecule has 3 aliphatic heterocycles. The summed E-state index contributed by atoms with van der Waals surface area (Å²) >= 11 is 12.7. The molecule has 16 nitrogen and oxygen atoms in total. The average molecular weight is 887 g/mol. The highest BCUT2D eigenvalue weighted by Crippen LogP contribution is 2.36. The van der Waals surface area contributed by atoms with Gasteiger partial charge in [-0.3, -0.25) is 29.8 Å². The zero-order valence-corrected chi connectivity index (χ0v) is 36.0. The fraction of sp³-hybridized carbons (Fsp3) is 0.381. The van der Waals surface area contributed by atoms with Gasteiger partial charge in [-0.2, -0.15) is 14.5 Å². The summed E-state index contributed by atoms with van der Waals surface area (Å²) in [6, 6.07) is 15.4. The van der Waals surface area contributed by atoms with E-state index in [1.54, 1.807) is 27.6 Å². The van der Waals surface area contributed by atoms with Gasteiger partial charge in [-0.1, -0.05) is 29.3 Å². The zero-order chi connectivity index (χ0) is 42.4. The predicted molar refractivity (Wildman–Crippen MR) is 235 cm³/mol. The minimum Gasteiger partial charge on any atom is -0.486 e. The smallest absolute Gasteiger partial charge is 0.329 e. The maximum atomic E-state index is 13.5. The number of imide groups is 1. The first-order valence-electron chi connectivity index (χ1n) is 20.3.